The second kappa shape index (κ2) is 49.9. The number of carbonyl (C=O) groups is 5. The summed E-state index contributed by atoms with van der Waals surface area (Å²) < 4.78 is 69.9. The van der Waals surface area contributed by atoms with E-state index in [-0.39, 0.29) is 173 Å². The molecule has 5 heterocycles. The Hall–Kier alpha value is -7.50. The number of esters is 3. The van der Waals surface area contributed by atoms with Crippen LogP contribution in [0.2, 0.25) is 0 Å². The van der Waals surface area contributed by atoms with Gasteiger partial charge in [-0.2, -0.15) is 5.21 Å². The summed E-state index contributed by atoms with van der Waals surface area (Å²) in [5.74, 6) is -0.741. The molecule has 32 heteroatoms. The summed E-state index contributed by atoms with van der Waals surface area (Å²) >= 11 is 10.1. The number of nitrogens with one attached hydrogen (secondary N) is 2. The topological polar surface area (TPSA) is 322 Å². The SMILES string of the molecule is C.C.C.C.C.C.CC1(C)OB(B2OC(C)(C)C(C)(C)O2)OC1(C)C.CCOC(=O)/C=C/c1cccc(Br)c1.CCOC(=O)[C@H]1CC1c1cccc(B2OC(C)(C)C(C)(C)O2)c1.CCOC(=O)[C@H]1CC1c1cccc(Br)c1.CCOc1cc(-c2cccc([C@H]3C[C@@H]3C(=O)O)c2)ccc1-c1nc2n[nH]nc2c(=O)[nH]1.C[S+](C)(C)=O.O=C(O)/C=C/c1cccc(Br)c1.[I-]. The molecule has 686 valence electrons. The number of halogens is 4. The summed E-state index contributed by atoms with van der Waals surface area (Å²) in [5.41, 5.74) is 6.64. The minimum atomic E-state index is -1.42. The molecule has 4 N–H and O–H groups in total. The van der Waals surface area contributed by atoms with Gasteiger partial charge in [0, 0.05) is 25.6 Å². The summed E-state index contributed by atoms with van der Waals surface area (Å²) in [6, 6.07) is 45.0. The van der Waals surface area contributed by atoms with E-state index in [4.69, 9.17) is 52.0 Å². The van der Waals surface area contributed by atoms with Gasteiger partial charge >= 0.3 is 51.0 Å². The molecule has 6 fully saturated rings. The van der Waals surface area contributed by atoms with E-state index in [1.807, 2.05) is 191 Å². The monoisotopic (exact) mass is 2050 g/mol. The van der Waals surface area contributed by atoms with Crippen molar-refractivity contribution in [1.82, 2.24) is 25.4 Å². The Labute approximate surface area is 786 Å². The molecule has 3 saturated heterocycles. The van der Waals surface area contributed by atoms with Gasteiger partial charge in [-0.25, -0.2) is 14.6 Å². The Morgan fingerprint density at radius 2 is 0.904 bits per heavy atom. The van der Waals surface area contributed by atoms with Crippen LogP contribution in [-0.2, 0) is 80.3 Å². The maximum Gasteiger partial charge on any atom is 0.494 e. The molecule has 125 heavy (non-hydrogen) atoms. The van der Waals surface area contributed by atoms with Crippen molar-refractivity contribution in [3.8, 4) is 28.3 Å². The largest absolute Gasteiger partial charge is 1.00 e. The number of aromatic amines is 2. The number of nitrogens with zero attached hydrogens (tertiary/aromatic N) is 3. The van der Waals surface area contributed by atoms with Crippen molar-refractivity contribution in [1.29, 1.82) is 0 Å². The van der Waals surface area contributed by atoms with Gasteiger partial charge in [0.25, 0.3) is 5.56 Å². The van der Waals surface area contributed by atoms with Crippen LogP contribution in [0.5, 0.6) is 5.75 Å². The first-order chi connectivity index (χ1) is 55.3. The molecule has 6 aliphatic rings. The number of carboxylic acids is 2. The normalized spacial score (nSPS) is 19.6. The second-order valence-electron chi connectivity index (χ2n) is 32.5. The minimum Gasteiger partial charge on any atom is -1.00 e. The van der Waals surface area contributed by atoms with Gasteiger partial charge in [0.05, 0.1) is 93.3 Å². The summed E-state index contributed by atoms with van der Waals surface area (Å²) in [6.45, 7) is 33.5. The molecule has 2 aromatic heterocycles. The number of rotatable bonds is 19. The van der Waals surface area contributed by atoms with Gasteiger partial charge in [-0.3, -0.25) is 19.2 Å². The molecule has 8 aromatic rings. The zero-order chi connectivity index (χ0) is 87.0. The molecule has 2 unspecified atom stereocenters. The minimum absolute atomic E-state index is 0. The van der Waals surface area contributed by atoms with Crippen LogP contribution < -0.4 is 39.7 Å². The lowest BCUT2D eigenvalue weighted by Crippen LogP contribution is -3.00. The first-order valence-electron chi connectivity index (χ1n) is 39.1. The molecule has 3 aliphatic heterocycles. The molecule has 14 rings (SSSR count). The molecule has 24 nitrogen and oxygen atoms in total. The highest BCUT2D eigenvalue weighted by Gasteiger charge is 2.64. The Balaban J connectivity index is 0.000000754. The molecule has 6 atom stereocenters. The van der Waals surface area contributed by atoms with Gasteiger partial charge in [0.1, 0.15) is 30.3 Å². The smallest absolute Gasteiger partial charge is 0.494 e. The average Bonchev–Trinajstić information content (AvgIpc) is 1.57. The molecule has 3 aliphatic carbocycles. The van der Waals surface area contributed by atoms with Gasteiger partial charge in [0.2, 0.25) is 5.65 Å². The number of fused-ring (bicyclic) bond motifs is 1. The molecule has 0 radical (unpaired) electrons. The maximum atomic E-state index is 12.3. The Kier molecular flexibility index (Phi) is 46.1. The number of ether oxygens (including phenoxy) is 4. The van der Waals surface area contributed by atoms with E-state index in [1.165, 1.54) is 11.6 Å². The van der Waals surface area contributed by atoms with Crippen LogP contribution in [0.3, 0.4) is 0 Å². The van der Waals surface area contributed by atoms with Crippen LogP contribution in [0.4, 0.5) is 0 Å². The number of aliphatic carboxylic acids is 2. The van der Waals surface area contributed by atoms with Crippen LogP contribution in [0.15, 0.2) is 170 Å². The predicted molar refractivity (Wildman–Crippen MR) is 513 cm³/mol. The van der Waals surface area contributed by atoms with Gasteiger partial charge in [-0.05, 0) is 253 Å². The average molecular weight is 2060 g/mol. The molecule has 0 bridgehead atoms. The highest BCUT2D eigenvalue weighted by atomic mass is 127. The van der Waals surface area contributed by atoms with Crippen molar-refractivity contribution in [2.75, 3.05) is 45.2 Å². The summed E-state index contributed by atoms with van der Waals surface area (Å²) in [6.07, 6.45) is 13.4. The van der Waals surface area contributed by atoms with Crippen molar-refractivity contribution in [2.45, 2.75) is 226 Å². The number of carboxylic acid groups (broad SMARTS) is 2. The Morgan fingerprint density at radius 3 is 1.34 bits per heavy atom. The van der Waals surface area contributed by atoms with Crippen LogP contribution in [0.1, 0.15) is 220 Å². The number of benzene rings is 6. The van der Waals surface area contributed by atoms with Gasteiger partial charge < -0.3 is 86.0 Å². The van der Waals surface area contributed by atoms with Crippen molar-refractivity contribution < 1.29 is 109 Å². The number of H-pyrrole nitrogens is 2. The van der Waals surface area contributed by atoms with Gasteiger partial charge in [-0.15, -0.1) is 14.4 Å². The number of hydrogen-bond acceptors (Lipinski definition) is 20. The maximum absolute atomic E-state index is 12.3. The van der Waals surface area contributed by atoms with E-state index in [9.17, 15) is 38.1 Å². The van der Waals surface area contributed by atoms with Crippen LogP contribution in [-0.4, -0.2) is 165 Å². The third kappa shape index (κ3) is 33.2. The van der Waals surface area contributed by atoms with Gasteiger partial charge in [0.15, 0.2) is 5.52 Å². The lowest BCUT2D eigenvalue weighted by Gasteiger charge is -2.32. The fraction of sp³-hybridized carbons (Fsp3) is 0.473. The van der Waals surface area contributed by atoms with E-state index >= 15 is 0 Å². The van der Waals surface area contributed by atoms with E-state index in [0.717, 1.165) is 71.2 Å². The molecule has 3 saturated carbocycles. The zero-order valence-electron chi connectivity index (χ0n) is 70.8. The summed E-state index contributed by atoms with van der Waals surface area (Å²) in [4.78, 5) is 75.0. The number of aromatic nitrogens is 5. The lowest BCUT2D eigenvalue weighted by molar-refractivity contribution is -0.145. The second-order valence-corrected chi connectivity index (χ2v) is 38.7. The molecule has 6 aromatic carbocycles. The first-order valence-corrected chi connectivity index (χ1v) is 44.3. The highest BCUT2D eigenvalue weighted by Crippen LogP contribution is 2.51. The fourth-order valence-corrected chi connectivity index (χ4v) is 13.6. The fourth-order valence-electron chi connectivity index (χ4n) is 12.4. The molecular weight excluding hydrogens is 1920 g/mol. The van der Waals surface area contributed by atoms with Crippen LogP contribution >= 0.6 is 47.8 Å². The third-order valence-corrected chi connectivity index (χ3v) is 22.4. The highest BCUT2D eigenvalue weighted by molar-refractivity contribution is 9.11. The predicted octanol–water partition coefficient (Wildman–Crippen LogP) is 17.7. The van der Waals surface area contributed by atoms with Crippen molar-refractivity contribution in [2.24, 2.45) is 17.8 Å². The number of hydrogen-bond donors (Lipinski definition) is 4. The lowest BCUT2D eigenvalue weighted by atomic mass is 9.49. The summed E-state index contributed by atoms with van der Waals surface area (Å²) in [5, 5.41) is 27.7. The van der Waals surface area contributed by atoms with Crippen LogP contribution in [0.25, 0.3) is 45.8 Å². The Morgan fingerprint density at radius 1 is 0.504 bits per heavy atom. The van der Waals surface area contributed by atoms with E-state index < -0.39 is 35.9 Å². The van der Waals surface area contributed by atoms with Crippen molar-refractivity contribution >= 4 is 137 Å². The summed E-state index contributed by atoms with van der Waals surface area (Å²) in [7, 11) is -2.73. The van der Waals surface area contributed by atoms with Gasteiger partial charge in [-0.1, -0.05) is 183 Å². The number of carbonyl (C=O) groups excluding carboxylic acids is 3. The van der Waals surface area contributed by atoms with Crippen LogP contribution in [0, 0.1) is 17.8 Å². The molecule has 0 spiro atoms. The van der Waals surface area contributed by atoms with Crippen molar-refractivity contribution in [3.05, 3.63) is 203 Å². The van der Waals surface area contributed by atoms with E-state index in [2.05, 4.69) is 125 Å². The van der Waals surface area contributed by atoms with E-state index in [1.54, 1.807) is 37.8 Å². The molecule has 0 amide bonds. The molecular formula is C93H132B3Br3IN5O19S. The quantitative estimate of drug-likeness (QED) is 0.0146. The first kappa shape index (κ1) is 116. The van der Waals surface area contributed by atoms with Crippen molar-refractivity contribution in [3.63, 3.8) is 0 Å². The standard InChI is InChI=1S/C22H19N5O4.C18H25BO4.C12H24B2O4.C12H13BrO2.C11H11BrO2.C9H7BrO2.C3H9OS.6CH4.HI/c1-2-31-17-9-12(11-4-3-5-13(8-11)15-10-16(15)22(29)30)6-7-14(17)19-23-20-18(21(28)24-19)25-27-26-20;1-6-21-16(20)15-11-14(15)12-8-7-9-13(10-12)19-22-17(2,3)18(4,5)23-19;1-9(2)10(3,4)16-13(15-9)14-17-11(5,6)12(7,8)18-14;1-2-15-12(14)11-7-10(11)8-4-3-5-9(13)6-8;1-2-14-11(13)7-6-9-4-3-5-10(12)8-9;10-8-3-1-2-7(6-8)4-5-9(11)12;1-5(2,3)4;;;;;;;/h3-9,15-16H,2,10H2,1H3,(H,29,30)(H2,23,24,25,26,27,28);7-10,14-15H,6,11H2,1-5H3;1-8H3;3-6,10-11H,2,7H2,1H3;3-8H,2H2,1H3;1-6H,(H,11,12);1-3H3;6*1H4;1H/q;;;;;;+1;;;;;;;/p-1/b;;;;7-6+;5-4+;;;;;;;;/t15-,16+;14?,15-;;10?,11-;;;;;;;;;;/m10.0........../s1. The third-order valence-electron chi connectivity index (χ3n) is 21.0. The van der Waals surface area contributed by atoms with E-state index in [0.29, 0.717) is 55.9 Å². The Bertz CT molecular complexity index is 4930. The zero-order valence-corrected chi connectivity index (χ0v) is 78.6.